The van der Waals surface area contributed by atoms with Crippen LogP contribution in [0.1, 0.15) is 11.5 Å². The quantitative estimate of drug-likeness (QED) is 0.801. The summed E-state index contributed by atoms with van der Waals surface area (Å²) in [7, 11) is 1.60. The molecular formula is C12H13NO5. The summed E-state index contributed by atoms with van der Waals surface area (Å²) in [6.45, 7) is -0.516. The van der Waals surface area contributed by atoms with E-state index in [1.807, 2.05) is 0 Å². The van der Waals surface area contributed by atoms with Crippen LogP contribution in [0.4, 0.5) is 5.69 Å². The van der Waals surface area contributed by atoms with E-state index in [4.69, 9.17) is 14.9 Å². The number of carbonyl (C=O) groups is 2. The third-order valence-corrected chi connectivity index (χ3v) is 2.95. The van der Waals surface area contributed by atoms with Crippen LogP contribution in [0.2, 0.25) is 0 Å². The molecule has 0 saturated heterocycles. The van der Waals surface area contributed by atoms with Crippen molar-refractivity contribution in [1.82, 2.24) is 0 Å². The van der Waals surface area contributed by atoms with E-state index in [9.17, 15) is 9.59 Å². The molecular weight excluding hydrogens is 238 g/mol. The number of carboxylic acids is 1. The minimum Gasteiger partial charge on any atom is -0.482 e. The molecule has 2 N–H and O–H groups in total. The Morgan fingerprint density at radius 1 is 1.56 bits per heavy atom. The van der Waals surface area contributed by atoms with Gasteiger partial charge in [0.05, 0.1) is 12.3 Å². The molecule has 1 heterocycles. The van der Waals surface area contributed by atoms with Crippen LogP contribution in [0.3, 0.4) is 0 Å². The first-order chi connectivity index (χ1) is 8.54. The van der Waals surface area contributed by atoms with Gasteiger partial charge in [0, 0.05) is 7.05 Å². The van der Waals surface area contributed by atoms with Gasteiger partial charge in [-0.25, -0.2) is 0 Å². The summed E-state index contributed by atoms with van der Waals surface area (Å²) < 4.78 is 5.23. The number of aliphatic hydroxyl groups is 1. The van der Waals surface area contributed by atoms with Gasteiger partial charge in [0.1, 0.15) is 11.7 Å². The molecule has 1 aromatic carbocycles. The highest BCUT2D eigenvalue weighted by atomic mass is 16.5. The highest BCUT2D eigenvalue weighted by molar-refractivity contribution is 5.97. The lowest BCUT2D eigenvalue weighted by atomic mass is 9.99. The smallest absolute Gasteiger partial charge is 0.313 e. The molecule has 0 aliphatic carbocycles. The number of anilines is 1. The van der Waals surface area contributed by atoms with Gasteiger partial charge in [0.2, 0.25) is 0 Å². The van der Waals surface area contributed by atoms with Crippen molar-refractivity contribution < 1.29 is 24.5 Å². The predicted octanol–water partition coefficient (Wildman–Crippen LogP) is 0.202. The van der Waals surface area contributed by atoms with Crippen molar-refractivity contribution >= 4 is 17.6 Å². The molecule has 1 atom stereocenters. The number of amides is 1. The van der Waals surface area contributed by atoms with Crippen LogP contribution < -0.4 is 9.64 Å². The number of fused-ring (bicyclic) bond motifs is 1. The van der Waals surface area contributed by atoms with Gasteiger partial charge in [-0.05, 0) is 17.7 Å². The molecule has 0 aromatic heterocycles. The largest absolute Gasteiger partial charge is 0.482 e. The Morgan fingerprint density at radius 3 is 2.89 bits per heavy atom. The third kappa shape index (κ3) is 2.02. The first-order valence-electron chi connectivity index (χ1n) is 5.41. The molecule has 6 nitrogen and oxygen atoms in total. The zero-order valence-corrected chi connectivity index (χ0v) is 9.79. The Morgan fingerprint density at radius 2 is 2.28 bits per heavy atom. The predicted molar refractivity (Wildman–Crippen MR) is 62.8 cm³/mol. The van der Waals surface area contributed by atoms with Gasteiger partial charge in [-0.1, -0.05) is 6.07 Å². The average molecular weight is 251 g/mol. The third-order valence-electron chi connectivity index (χ3n) is 2.95. The average Bonchev–Trinajstić information content (AvgIpc) is 2.35. The van der Waals surface area contributed by atoms with Crippen molar-refractivity contribution in [3.05, 3.63) is 23.8 Å². The Kier molecular flexibility index (Phi) is 3.20. The standard InChI is InChI=1S/C12H13NO5/c1-13-9-4-7(8(5-14)12(16)17)2-3-10(9)18-6-11(13)15/h2-4,8,14H,5-6H2,1H3,(H,16,17). The van der Waals surface area contributed by atoms with Crippen molar-refractivity contribution in [1.29, 1.82) is 0 Å². The number of carboxylic acid groups (broad SMARTS) is 1. The second kappa shape index (κ2) is 4.66. The molecule has 18 heavy (non-hydrogen) atoms. The number of likely N-dealkylation sites (N-methyl/N-ethyl adjacent to an activating group) is 1. The summed E-state index contributed by atoms with van der Waals surface area (Å²) in [6.07, 6.45) is 0. The van der Waals surface area contributed by atoms with Gasteiger partial charge in [0.15, 0.2) is 6.61 Å². The Hall–Kier alpha value is -2.08. The van der Waals surface area contributed by atoms with Crippen LogP contribution in [-0.2, 0) is 9.59 Å². The summed E-state index contributed by atoms with van der Waals surface area (Å²) in [4.78, 5) is 23.9. The summed E-state index contributed by atoms with van der Waals surface area (Å²) in [6, 6.07) is 4.75. The Bertz CT molecular complexity index is 499. The fourth-order valence-corrected chi connectivity index (χ4v) is 1.83. The van der Waals surface area contributed by atoms with Gasteiger partial charge < -0.3 is 19.8 Å². The van der Waals surface area contributed by atoms with E-state index < -0.39 is 18.5 Å². The van der Waals surface area contributed by atoms with Crippen LogP contribution in [0, 0.1) is 0 Å². The van der Waals surface area contributed by atoms with Crippen LogP contribution in [0.25, 0.3) is 0 Å². The zero-order chi connectivity index (χ0) is 13.3. The van der Waals surface area contributed by atoms with Gasteiger partial charge in [0.25, 0.3) is 5.91 Å². The van der Waals surface area contributed by atoms with Crippen LogP contribution >= 0.6 is 0 Å². The summed E-state index contributed by atoms with van der Waals surface area (Å²) in [5, 5.41) is 18.1. The van der Waals surface area contributed by atoms with Crippen molar-refractivity contribution in [3.63, 3.8) is 0 Å². The van der Waals surface area contributed by atoms with Gasteiger partial charge in [-0.15, -0.1) is 0 Å². The fourth-order valence-electron chi connectivity index (χ4n) is 1.83. The van der Waals surface area contributed by atoms with E-state index >= 15 is 0 Å². The molecule has 0 radical (unpaired) electrons. The van der Waals surface area contributed by atoms with Gasteiger partial charge in [-0.2, -0.15) is 0 Å². The maximum Gasteiger partial charge on any atom is 0.313 e. The topological polar surface area (TPSA) is 87.1 Å². The normalized spacial score (nSPS) is 15.9. The van der Waals surface area contributed by atoms with Crippen LogP contribution in [0.5, 0.6) is 5.75 Å². The number of ether oxygens (including phenoxy) is 1. The first-order valence-corrected chi connectivity index (χ1v) is 5.41. The number of aliphatic carboxylic acids is 1. The van der Waals surface area contributed by atoms with E-state index in [2.05, 4.69) is 0 Å². The molecule has 1 aromatic rings. The fraction of sp³-hybridized carbons (Fsp3) is 0.333. The van der Waals surface area contributed by atoms with Crippen molar-refractivity contribution in [3.8, 4) is 5.75 Å². The van der Waals surface area contributed by atoms with E-state index in [0.29, 0.717) is 17.0 Å². The number of rotatable bonds is 3. The van der Waals surface area contributed by atoms with Crippen molar-refractivity contribution in [2.24, 2.45) is 0 Å². The maximum absolute atomic E-state index is 11.5. The van der Waals surface area contributed by atoms with E-state index in [1.54, 1.807) is 25.2 Å². The molecule has 1 aliphatic heterocycles. The monoisotopic (exact) mass is 251 g/mol. The number of hydrogen-bond donors (Lipinski definition) is 2. The minimum atomic E-state index is -1.11. The Balaban J connectivity index is 2.42. The molecule has 2 rings (SSSR count). The zero-order valence-electron chi connectivity index (χ0n) is 9.79. The highest BCUT2D eigenvalue weighted by Crippen LogP contribution is 2.34. The maximum atomic E-state index is 11.5. The number of benzene rings is 1. The van der Waals surface area contributed by atoms with Gasteiger partial charge >= 0.3 is 5.97 Å². The number of aliphatic hydroxyl groups excluding tert-OH is 1. The lowest BCUT2D eigenvalue weighted by Gasteiger charge is -2.26. The van der Waals surface area contributed by atoms with Gasteiger partial charge in [-0.3, -0.25) is 9.59 Å². The second-order valence-electron chi connectivity index (χ2n) is 4.04. The first kappa shape index (κ1) is 12.4. The molecule has 0 saturated carbocycles. The lowest BCUT2D eigenvalue weighted by molar-refractivity contribution is -0.139. The summed E-state index contributed by atoms with van der Waals surface area (Å²) >= 11 is 0. The molecule has 96 valence electrons. The highest BCUT2D eigenvalue weighted by Gasteiger charge is 2.25. The molecule has 0 fully saturated rings. The summed E-state index contributed by atoms with van der Waals surface area (Å²) in [5.41, 5.74) is 0.956. The van der Waals surface area contributed by atoms with Crippen LogP contribution in [-0.4, -0.2) is 42.4 Å². The second-order valence-corrected chi connectivity index (χ2v) is 4.04. The van der Waals surface area contributed by atoms with E-state index in [1.165, 1.54) is 4.90 Å². The Labute approximate surface area is 103 Å². The van der Waals surface area contributed by atoms with E-state index in [0.717, 1.165) is 0 Å². The number of carbonyl (C=O) groups excluding carboxylic acids is 1. The molecule has 6 heteroatoms. The number of nitrogens with zero attached hydrogens (tertiary/aromatic N) is 1. The van der Waals surface area contributed by atoms with Crippen LogP contribution in [0.15, 0.2) is 18.2 Å². The van der Waals surface area contributed by atoms with E-state index in [-0.39, 0.29) is 12.5 Å². The minimum absolute atomic E-state index is 0.0226. The van der Waals surface area contributed by atoms with Crippen molar-refractivity contribution in [2.75, 3.05) is 25.2 Å². The molecule has 1 amide bonds. The molecule has 0 bridgehead atoms. The SMILES string of the molecule is CN1C(=O)COc2ccc(C(CO)C(=O)O)cc21. The summed E-state index contributed by atoms with van der Waals surface area (Å²) in [5.74, 6) is -1.78. The van der Waals surface area contributed by atoms with Crippen molar-refractivity contribution in [2.45, 2.75) is 5.92 Å². The lowest BCUT2D eigenvalue weighted by Crippen LogP contribution is -2.35. The molecule has 0 spiro atoms. The molecule has 1 aliphatic rings. The molecule has 1 unspecified atom stereocenters. The number of hydrogen-bond acceptors (Lipinski definition) is 4.